The van der Waals surface area contributed by atoms with Crippen molar-refractivity contribution in [1.29, 1.82) is 0 Å². The highest BCUT2D eigenvalue weighted by Crippen LogP contribution is 2.18. The van der Waals surface area contributed by atoms with Crippen LogP contribution in [0.4, 0.5) is 0 Å². The van der Waals surface area contributed by atoms with E-state index in [0.29, 0.717) is 31.9 Å². The molecule has 0 aromatic carbocycles. The van der Waals surface area contributed by atoms with Gasteiger partial charge >= 0.3 is 0 Å². The van der Waals surface area contributed by atoms with Gasteiger partial charge in [-0.2, -0.15) is 0 Å². The number of nitrogens with zero attached hydrogens (tertiary/aromatic N) is 2. The molecule has 2 amide bonds. The van der Waals surface area contributed by atoms with Gasteiger partial charge in [0, 0.05) is 19.4 Å². The van der Waals surface area contributed by atoms with E-state index in [9.17, 15) is 9.59 Å². The van der Waals surface area contributed by atoms with Crippen molar-refractivity contribution in [2.24, 2.45) is 4.99 Å². The van der Waals surface area contributed by atoms with E-state index in [1.54, 1.807) is 0 Å². The number of unbranched alkanes of at least 4 members (excludes halogenated alkanes) is 28. The third-order valence-corrected chi connectivity index (χ3v) is 10.2. The van der Waals surface area contributed by atoms with Gasteiger partial charge in [0.2, 0.25) is 17.8 Å². The number of aliphatic imine (C=N–C) groups is 1. The second kappa shape index (κ2) is 31.4. The summed E-state index contributed by atoms with van der Waals surface area (Å²) >= 11 is 0. The Morgan fingerprint density at radius 2 is 0.833 bits per heavy atom. The molecule has 0 saturated heterocycles. The Labute approximate surface area is 299 Å². The van der Waals surface area contributed by atoms with Gasteiger partial charge in [-0.3, -0.25) is 19.9 Å². The molecule has 0 atom stereocenters. The van der Waals surface area contributed by atoms with Gasteiger partial charge in [-0.1, -0.05) is 194 Å². The van der Waals surface area contributed by atoms with Gasteiger partial charge in [-0.25, -0.2) is 0 Å². The van der Waals surface area contributed by atoms with Crippen molar-refractivity contribution >= 4 is 17.8 Å². The minimum absolute atomic E-state index is 0.0373. The SMILES string of the molecule is CCCCCCCCCCCCCCCCCC(=O)NC1=NCCN1C(C)(C)NC(=O)CCCCCCCCCCCCCCCCC. The van der Waals surface area contributed by atoms with Crippen molar-refractivity contribution in [3.63, 3.8) is 0 Å². The predicted octanol–water partition coefficient (Wildman–Crippen LogP) is 12.1. The number of carbonyl (C=O) groups excluding carboxylic acids is 2. The minimum atomic E-state index is -0.580. The first kappa shape index (κ1) is 44.4. The molecule has 282 valence electrons. The third-order valence-electron chi connectivity index (χ3n) is 10.2. The summed E-state index contributed by atoms with van der Waals surface area (Å²) < 4.78 is 0. The van der Waals surface area contributed by atoms with Gasteiger partial charge in [-0.05, 0) is 26.7 Å². The average molecular weight is 675 g/mol. The van der Waals surface area contributed by atoms with E-state index in [-0.39, 0.29) is 11.8 Å². The van der Waals surface area contributed by atoms with Gasteiger partial charge in [0.15, 0.2) is 0 Å². The van der Waals surface area contributed by atoms with E-state index in [1.165, 1.54) is 167 Å². The highest BCUT2D eigenvalue weighted by molar-refractivity contribution is 5.98. The monoisotopic (exact) mass is 675 g/mol. The molecule has 0 fully saturated rings. The molecule has 0 aromatic heterocycles. The fourth-order valence-electron chi connectivity index (χ4n) is 7.07. The second-order valence-corrected chi connectivity index (χ2v) is 15.4. The molecule has 0 unspecified atom stereocenters. The van der Waals surface area contributed by atoms with Crippen molar-refractivity contribution in [1.82, 2.24) is 15.5 Å². The van der Waals surface area contributed by atoms with Gasteiger partial charge in [0.1, 0.15) is 5.66 Å². The number of amides is 2. The molecule has 0 bridgehead atoms. The molecular formula is C42H82N4O2. The van der Waals surface area contributed by atoms with Crippen LogP contribution >= 0.6 is 0 Å². The lowest BCUT2D eigenvalue weighted by molar-refractivity contribution is -0.124. The molecule has 6 nitrogen and oxygen atoms in total. The smallest absolute Gasteiger partial charge is 0.226 e. The minimum Gasteiger partial charge on any atom is -0.334 e. The summed E-state index contributed by atoms with van der Waals surface area (Å²) in [5.74, 6) is 0.735. The molecule has 1 aliphatic heterocycles. The van der Waals surface area contributed by atoms with Crippen LogP contribution < -0.4 is 10.6 Å². The standard InChI is InChI=1S/C42H82N4O2/c1-5-7-9-11-13-15-17-19-21-23-25-27-29-31-33-35-39(47)44-41-43-37-38-46(41)42(3,4)45-40(48)36-34-32-30-28-26-24-22-20-18-16-14-12-10-8-6-2/h5-38H2,1-4H3,(H,45,48)(H,43,44,47). The van der Waals surface area contributed by atoms with E-state index in [2.05, 4.69) is 29.5 Å². The zero-order valence-corrected chi connectivity index (χ0v) is 32.8. The van der Waals surface area contributed by atoms with Gasteiger partial charge in [0.05, 0.1) is 6.54 Å². The van der Waals surface area contributed by atoms with Crippen LogP contribution in [-0.2, 0) is 9.59 Å². The van der Waals surface area contributed by atoms with Crippen LogP contribution in [0.1, 0.15) is 233 Å². The third kappa shape index (κ3) is 25.4. The van der Waals surface area contributed by atoms with E-state index in [4.69, 9.17) is 0 Å². The molecule has 1 rings (SSSR count). The first-order chi connectivity index (χ1) is 23.4. The first-order valence-corrected chi connectivity index (χ1v) is 21.3. The van der Waals surface area contributed by atoms with Crippen molar-refractivity contribution in [2.75, 3.05) is 13.1 Å². The number of guanidine groups is 1. The van der Waals surface area contributed by atoms with Crippen LogP contribution in [0.15, 0.2) is 4.99 Å². The molecule has 0 radical (unpaired) electrons. The summed E-state index contributed by atoms with van der Waals surface area (Å²) in [6, 6.07) is 0. The Morgan fingerprint density at radius 1 is 0.521 bits per heavy atom. The molecule has 0 aromatic rings. The van der Waals surface area contributed by atoms with Crippen molar-refractivity contribution in [3.8, 4) is 0 Å². The lowest BCUT2D eigenvalue weighted by Gasteiger charge is -2.38. The summed E-state index contributed by atoms with van der Waals surface area (Å²) in [4.78, 5) is 32.1. The highest BCUT2D eigenvalue weighted by Gasteiger charge is 2.33. The van der Waals surface area contributed by atoms with E-state index >= 15 is 0 Å². The predicted molar refractivity (Wildman–Crippen MR) is 208 cm³/mol. The van der Waals surface area contributed by atoms with Gasteiger partial charge in [-0.15, -0.1) is 0 Å². The highest BCUT2D eigenvalue weighted by atomic mass is 16.2. The summed E-state index contributed by atoms with van der Waals surface area (Å²) in [7, 11) is 0. The lowest BCUT2D eigenvalue weighted by Crippen LogP contribution is -2.60. The second-order valence-electron chi connectivity index (χ2n) is 15.4. The molecule has 2 N–H and O–H groups in total. The van der Waals surface area contributed by atoms with Crippen LogP contribution in [0.5, 0.6) is 0 Å². The Bertz CT molecular complexity index is 797. The largest absolute Gasteiger partial charge is 0.334 e. The number of nitrogens with one attached hydrogen (secondary N) is 2. The van der Waals surface area contributed by atoms with Gasteiger partial charge < -0.3 is 10.2 Å². The van der Waals surface area contributed by atoms with E-state index < -0.39 is 5.66 Å². The molecule has 6 heteroatoms. The summed E-state index contributed by atoms with van der Waals surface area (Å²) in [5.41, 5.74) is -0.580. The maximum absolute atomic E-state index is 12.8. The Balaban J connectivity index is 2.03. The topological polar surface area (TPSA) is 73.8 Å². The summed E-state index contributed by atoms with van der Waals surface area (Å²) in [6.07, 6.45) is 40.8. The van der Waals surface area contributed by atoms with Crippen LogP contribution in [0, 0.1) is 0 Å². The number of hydrogen-bond donors (Lipinski definition) is 2. The van der Waals surface area contributed by atoms with Crippen LogP contribution in [-0.4, -0.2) is 41.4 Å². The summed E-state index contributed by atoms with van der Waals surface area (Å²) in [5, 5.41) is 6.25. The Morgan fingerprint density at radius 3 is 1.19 bits per heavy atom. The molecule has 1 aliphatic rings. The fraction of sp³-hybridized carbons (Fsp3) is 0.929. The van der Waals surface area contributed by atoms with E-state index in [0.717, 1.165) is 25.7 Å². The maximum atomic E-state index is 12.8. The zero-order chi connectivity index (χ0) is 35.0. The van der Waals surface area contributed by atoms with Crippen molar-refractivity contribution < 1.29 is 9.59 Å². The number of rotatable bonds is 34. The molecule has 1 heterocycles. The molecular weight excluding hydrogens is 592 g/mol. The van der Waals surface area contributed by atoms with Crippen LogP contribution in [0.2, 0.25) is 0 Å². The summed E-state index contributed by atoms with van der Waals surface area (Å²) in [6.45, 7) is 9.94. The Kier molecular flexibility index (Phi) is 29.1. The van der Waals surface area contributed by atoms with Crippen LogP contribution in [0.3, 0.4) is 0 Å². The molecule has 0 aliphatic carbocycles. The molecule has 0 spiro atoms. The first-order valence-electron chi connectivity index (χ1n) is 21.3. The Hall–Kier alpha value is -1.59. The normalized spacial score (nSPS) is 13.2. The average Bonchev–Trinajstić information content (AvgIpc) is 3.53. The van der Waals surface area contributed by atoms with Crippen molar-refractivity contribution in [2.45, 2.75) is 239 Å². The lowest BCUT2D eigenvalue weighted by atomic mass is 10.0. The van der Waals surface area contributed by atoms with Crippen LogP contribution in [0.25, 0.3) is 0 Å². The van der Waals surface area contributed by atoms with Gasteiger partial charge in [0.25, 0.3) is 0 Å². The van der Waals surface area contributed by atoms with Crippen molar-refractivity contribution in [3.05, 3.63) is 0 Å². The molecule has 0 saturated carbocycles. The quantitative estimate of drug-likeness (QED) is 0.0667. The zero-order valence-electron chi connectivity index (χ0n) is 32.8. The fourth-order valence-corrected chi connectivity index (χ4v) is 7.07. The van der Waals surface area contributed by atoms with E-state index in [1.807, 2.05) is 18.7 Å². The number of hydrogen-bond acceptors (Lipinski definition) is 4. The number of carbonyl (C=O) groups is 2. The molecule has 48 heavy (non-hydrogen) atoms. The maximum Gasteiger partial charge on any atom is 0.226 e.